The van der Waals surface area contributed by atoms with Crippen molar-refractivity contribution < 1.29 is 18.7 Å². The zero-order chi connectivity index (χ0) is 18.5. The molecule has 0 aliphatic rings. The third kappa shape index (κ3) is 3.81. The van der Waals surface area contributed by atoms with E-state index in [1.165, 1.54) is 6.07 Å². The summed E-state index contributed by atoms with van der Waals surface area (Å²) in [6.07, 6.45) is 1.03. The number of rotatable bonds is 5. The molecule has 0 aliphatic carbocycles. The van der Waals surface area contributed by atoms with Crippen molar-refractivity contribution >= 4 is 5.97 Å². The van der Waals surface area contributed by atoms with Gasteiger partial charge < -0.3 is 9.47 Å². The number of methoxy groups -OCH3 is 1. The SMILES string of the molecule is C=CC(=O)Oc1ccc(-c2ccc(-c3ccc(OC)cc3)cc2)c(F)c1. The van der Waals surface area contributed by atoms with Crippen molar-refractivity contribution in [3.05, 3.63) is 85.2 Å². The Bertz CT molecular complexity index is 929. The van der Waals surface area contributed by atoms with Crippen LogP contribution in [0.25, 0.3) is 22.3 Å². The lowest BCUT2D eigenvalue weighted by atomic mass is 10.00. The predicted octanol–water partition coefficient (Wildman–Crippen LogP) is 5.26. The lowest BCUT2D eigenvalue weighted by Crippen LogP contribution is -2.03. The normalized spacial score (nSPS) is 10.2. The van der Waals surface area contributed by atoms with Gasteiger partial charge in [0.15, 0.2) is 0 Å². The standard InChI is InChI=1S/C22H17FO3/c1-3-22(24)26-19-12-13-20(21(23)14-19)17-6-4-15(5-7-17)16-8-10-18(25-2)11-9-16/h3-14H,1H2,2H3. The van der Waals surface area contributed by atoms with E-state index in [0.29, 0.717) is 5.56 Å². The number of carbonyl (C=O) groups excluding carboxylic acids is 1. The number of ether oxygens (including phenoxy) is 2. The highest BCUT2D eigenvalue weighted by Crippen LogP contribution is 2.29. The average Bonchev–Trinajstić information content (AvgIpc) is 2.68. The smallest absolute Gasteiger partial charge is 0.335 e. The minimum atomic E-state index is -0.624. The minimum Gasteiger partial charge on any atom is -0.497 e. The second-order valence-electron chi connectivity index (χ2n) is 5.57. The van der Waals surface area contributed by atoms with E-state index in [9.17, 15) is 9.18 Å². The second kappa shape index (κ2) is 7.66. The lowest BCUT2D eigenvalue weighted by Gasteiger charge is -2.08. The fourth-order valence-corrected chi connectivity index (χ4v) is 2.58. The summed E-state index contributed by atoms with van der Waals surface area (Å²) in [6, 6.07) is 19.6. The first kappa shape index (κ1) is 17.4. The molecule has 3 nitrogen and oxygen atoms in total. The summed E-state index contributed by atoms with van der Waals surface area (Å²) in [7, 11) is 1.63. The van der Waals surface area contributed by atoms with Gasteiger partial charge in [0.05, 0.1) is 7.11 Å². The summed E-state index contributed by atoms with van der Waals surface area (Å²) >= 11 is 0. The molecule has 4 heteroatoms. The molecule has 0 amide bonds. The van der Waals surface area contributed by atoms with Gasteiger partial charge in [0.2, 0.25) is 0 Å². The Hall–Kier alpha value is -3.40. The number of hydrogen-bond donors (Lipinski definition) is 0. The topological polar surface area (TPSA) is 35.5 Å². The Kier molecular flexibility index (Phi) is 5.13. The second-order valence-corrected chi connectivity index (χ2v) is 5.57. The molecule has 0 fully saturated rings. The van der Waals surface area contributed by atoms with Crippen LogP contribution in [0, 0.1) is 5.82 Å². The lowest BCUT2D eigenvalue weighted by molar-refractivity contribution is -0.128. The van der Waals surface area contributed by atoms with Gasteiger partial charge in [-0.2, -0.15) is 0 Å². The van der Waals surface area contributed by atoms with Gasteiger partial charge in [-0.3, -0.25) is 0 Å². The van der Waals surface area contributed by atoms with E-state index < -0.39 is 11.8 Å². The van der Waals surface area contributed by atoms with Crippen LogP contribution in [0.2, 0.25) is 0 Å². The Morgan fingerprint density at radius 2 is 1.42 bits per heavy atom. The van der Waals surface area contributed by atoms with Gasteiger partial charge in [0, 0.05) is 17.7 Å². The third-order valence-electron chi connectivity index (χ3n) is 3.94. The molecule has 130 valence electrons. The zero-order valence-electron chi connectivity index (χ0n) is 14.2. The summed E-state index contributed by atoms with van der Waals surface area (Å²) in [5.74, 6) is -0.145. The molecular weight excluding hydrogens is 331 g/mol. The molecule has 0 radical (unpaired) electrons. The maximum atomic E-state index is 14.4. The molecule has 3 aromatic rings. The quantitative estimate of drug-likeness (QED) is 0.358. The van der Waals surface area contributed by atoms with Crippen LogP contribution < -0.4 is 9.47 Å². The average molecular weight is 348 g/mol. The number of halogens is 1. The fraction of sp³-hybridized carbons (Fsp3) is 0.0455. The minimum absolute atomic E-state index is 0.144. The summed E-state index contributed by atoms with van der Waals surface area (Å²) < 4.78 is 24.4. The molecule has 26 heavy (non-hydrogen) atoms. The van der Waals surface area contributed by atoms with Crippen molar-refractivity contribution in [2.45, 2.75) is 0 Å². The Balaban J connectivity index is 1.83. The summed E-state index contributed by atoms with van der Waals surface area (Å²) in [5.41, 5.74) is 3.24. The summed E-state index contributed by atoms with van der Waals surface area (Å²) in [5, 5.41) is 0. The first-order valence-electron chi connectivity index (χ1n) is 7.99. The first-order chi connectivity index (χ1) is 12.6. The maximum Gasteiger partial charge on any atom is 0.335 e. The summed E-state index contributed by atoms with van der Waals surface area (Å²) in [6.45, 7) is 3.31. The molecule has 0 bridgehead atoms. The zero-order valence-corrected chi connectivity index (χ0v) is 14.2. The van der Waals surface area contributed by atoms with Gasteiger partial charge >= 0.3 is 5.97 Å². The fourth-order valence-electron chi connectivity index (χ4n) is 2.58. The van der Waals surface area contributed by atoms with E-state index in [-0.39, 0.29) is 5.75 Å². The van der Waals surface area contributed by atoms with E-state index in [0.717, 1.165) is 28.5 Å². The van der Waals surface area contributed by atoms with E-state index >= 15 is 0 Å². The van der Waals surface area contributed by atoms with Crippen LogP contribution in [0.5, 0.6) is 11.5 Å². The molecule has 0 unspecified atom stereocenters. The van der Waals surface area contributed by atoms with Crippen LogP contribution in [0.4, 0.5) is 4.39 Å². The molecule has 0 heterocycles. The molecule has 0 spiro atoms. The largest absolute Gasteiger partial charge is 0.497 e. The predicted molar refractivity (Wildman–Crippen MR) is 99.7 cm³/mol. The summed E-state index contributed by atoms with van der Waals surface area (Å²) in [4.78, 5) is 11.2. The maximum absolute atomic E-state index is 14.4. The highest BCUT2D eigenvalue weighted by Gasteiger charge is 2.09. The van der Waals surface area contributed by atoms with Gasteiger partial charge in [0.1, 0.15) is 17.3 Å². The van der Waals surface area contributed by atoms with Crippen molar-refractivity contribution in [1.29, 1.82) is 0 Å². The molecule has 0 aromatic heterocycles. The first-order valence-corrected chi connectivity index (χ1v) is 7.99. The number of benzene rings is 3. The van der Waals surface area contributed by atoms with E-state index in [1.807, 2.05) is 48.5 Å². The van der Waals surface area contributed by atoms with Crippen LogP contribution >= 0.6 is 0 Å². The van der Waals surface area contributed by atoms with Gasteiger partial charge in [0.25, 0.3) is 0 Å². The van der Waals surface area contributed by atoms with Crippen molar-refractivity contribution in [2.24, 2.45) is 0 Å². The van der Waals surface area contributed by atoms with Crippen molar-refractivity contribution in [3.8, 4) is 33.8 Å². The van der Waals surface area contributed by atoms with Crippen LogP contribution in [0.15, 0.2) is 79.4 Å². The van der Waals surface area contributed by atoms with Crippen LogP contribution in [0.3, 0.4) is 0 Å². The van der Waals surface area contributed by atoms with Crippen molar-refractivity contribution in [1.82, 2.24) is 0 Å². The van der Waals surface area contributed by atoms with Crippen LogP contribution in [0.1, 0.15) is 0 Å². The van der Waals surface area contributed by atoms with Gasteiger partial charge in [-0.05, 0) is 41.0 Å². The Morgan fingerprint density at radius 3 is 1.96 bits per heavy atom. The third-order valence-corrected chi connectivity index (χ3v) is 3.94. The number of carbonyl (C=O) groups is 1. The van der Waals surface area contributed by atoms with E-state index in [4.69, 9.17) is 9.47 Å². The van der Waals surface area contributed by atoms with E-state index in [1.54, 1.807) is 19.2 Å². The highest BCUT2D eigenvalue weighted by atomic mass is 19.1. The molecule has 0 atom stereocenters. The molecule has 3 rings (SSSR count). The number of esters is 1. The molecule has 3 aromatic carbocycles. The van der Waals surface area contributed by atoms with Crippen LogP contribution in [-0.4, -0.2) is 13.1 Å². The Labute approximate surface area is 151 Å². The van der Waals surface area contributed by atoms with Gasteiger partial charge in [-0.25, -0.2) is 9.18 Å². The Morgan fingerprint density at radius 1 is 0.885 bits per heavy atom. The molecule has 0 N–H and O–H groups in total. The molecular formula is C22H17FO3. The molecule has 0 saturated carbocycles. The van der Waals surface area contributed by atoms with Gasteiger partial charge in [-0.1, -0.05) is 43.0 Å². The van der Waals surface area contributed by atoms with Crippen LogP contribution in [-0.2, 0) is 4.79 Å². The molecule has 0 saturated heterocycles. The number of hydrogen-bond acceptors (Lipinski definition) is 3. The highest BCUT2D eigenvalue weighted by molar-refractivity contribution is 5.83. The van der Waals surface area contributed by atoms with Crippen molar-refractivity contribution in [3.63, 3.8) is 0 Å². The van der Waals surface area contributed by atoms with Crippen molar-refractivity contribution in [2.75, 3.05) is 7.11 Å². The van der Waals surface area contributed by atoms with E-state index in [2.05, 4.69) is 6.58 Å². The monoisotopic (exact) mass is 348 g/mol. The molecule has 0 aliphatic heterocycles. The van der Waals surface area contributed by atoms with Gasteiger partial charge in [-0.15, -0.1) is 0 Å².